The summed E-state index contributed by atoms with van der Waals surface area (Å²) in [6, 6.07) is 21.7. The summed E-state index contributed by atoms with van der Waals surface area (Å²) in [7, 11) is 4.03. The summed E-state index contributed by atoms with van der Waals surface area (Å²) in [5.74, 6) is 0.123. The average molecular weight is 381 g/mol. The zero-order chi connectivity index (χ0) is 19.8. The fourth-order valence-electron chi connectivity index (χ4n) is 3.74. The number of benzene rings is 2. The Balaban J connectivity index is 1.58. The first-order valence-corrected chi connectivity index (χ1v) is 10.1. The molecule has 1 saturated heterocycles. The second-order valence-electron chi connectivity index (χ2n) is 7.69. The van der Waals surface area contributed by atoms with Crippen molar-refractivity contribution in [3.05, 3.63) is 71.8 Å². The molecule has 0 unspecified atom stereocenters. The highest BCUT2D eigenvalue weighted by atomic mass is 16.2. The van der Waals surface area contributed by atoms with Crippen LogP contribution in [-0.2, 0) is 4.79 Å². The molecule has 1 fully saturated rings. The van der Waals surface area contributed by atoms with E-state index in [0.29, 0.717) is 13.1 Å². The maximum Gasteiger partial charge on any atom is 0.234 e. The number of nitrogens with zero attached hydrogens (tertiary/aromatic N) is 3. The molecule has 150 valence electrons. The first-order chi connectivity index (χ1) is 13.6. The zero-order valence-corrected chi connectivity index (χ0v) is 17.1. The molecule has 1 N–H and O–H groups in total. The van der Waals surface area contributed by atoms with E-state index in [2.05, 4.69) is 80.7 Å². The molecule has 5 heteroatoms. The van der Waals surface area contributed by atoms with Crippen molar-refractivity contribution >= 4 is 5.91 Å². The summed E-state index contributed by atoms with van der Waals surface area (Å²) in [5, 5.41) is 3.01. The van der Waals surface area contributed by atoms with Gasteiger partial charge in [0, 0.05) is 39.3 Å². The molecule has 2 aromatic carbocycles. The number of rotatable bonds is 8. The van der Waals surface area contributed by atoms with E-state index in [9.17, 15) is 4.79 Å². The minimum absolute atomic E-state index is 0.123. The maximum absolute atomic E-state index is 12.2. The van der Waals surface area contributed by atoms with Crippen LogP contribution in [0.2, 0.25) is 0 Å². The molecule has 2 aromatic rings. The lowest BCUT2D eigenvalue weighted by molar-refractivity contribution is -0.122. The Bertz CT molecular complexity index is 672. The molecule has 5 nitrogen and oxygen atoms in total. The van der Waals surface area contributed by atoms with Crippen LogP contribution >= 0.6 is 0 Å². The number of piperazine rings is 1. The van der Waals surface area contributed by atoms with Crippen molar-refractivity contribution in [1.29, 1.82) is 0 Å². The highest BCUT2D eigenvalue weighted by Crippen LogP contribution is 2.29. The normalized spacial score (nSPS) is 15.9. The minimum atomic E-state index is 0.123. The van der Waals surface area contributed by atoms with Gasteiger partial charge < -0.3 is 10.2 Å². The van der Waals surface area contributed by atoms with Gasteiger partial charge in [-0.05, 0) is 25.2 Å². The summed E-state index contributed by atoms with van der Waals surface area (Å²) in [6.45, 7) is 5.81. The van der Waals surface area contributed by atoms with E-state index in [1.165, 1.54) is 11.1 Å². The van der Waals surface area contributed by atoms with E-state index < -0.39 is 0 Å². The lowest BCUT2D eigenvalue weighted by atomic mass is 9.96. The number of hydrogen-bond donors (Lipinski definition) is 1. The standard InChI is InChI=1S/C23H32N4O/c1-25(2)14-13-24-22(28)19-26-15-17-27(18-16-26)23(20-9-5-3-6-10-20)21-11-7-4-8-12-21/h3-12,23H,13-19H2,1-2H3,(H,24,28). The van der Waals surface area contributed by atoms with Gasteiger partial charge in [0.25, 0.3) is 0 Å². The third-order valence-corrected chi connectivity index (χ3v) is 5.25. The highest BCUT2D eigenvalue weighted by molar-refractivity contribution is 5.78. The molecule has 1 heterocycles. The summed E-state index contributed by atoms with van der Waals surface area (Å²) in [6.07, 6.45) is 0. The monoisotopic (exact) mass is 380 g/mol. The third-order valence-electron chi connectivity index (χ3n) is 5.25. The lowest BCUT2D eigenvalue weighted by Crippen LogP contribution is -2.50. The first kappa shape index (κ1) is 20.5. The fraction of sp³-hybridized carbons (Fsp3) is 0.435. The van der Waals surface area contributed by atoms with Crippen molar-refractivity contribution in [1.82, 2.24) is 20.0 Å². The number of amides is 1. The van der Waals surface area contributed by atoms with Gasteiger partial charge in [-0.2, -0.15) is 0 Å². The molecule has 1 aliphatic heterocycles. The fourth-order valence-corrected chi connectivity index (χ4v) is 3.74. The SMILES string of the molecule is CN(C)CCNC(=O)CN1CCN(C(c2ccccc2)c2ccccc2)CC1. The largest absolute Gasteiger partial charge is 0.354 e. The Morgan fingerprint density at radius 1 is 0.929 bits per heavy atom. The summed E-state index contributed by atoms with van der Waals surface area (Å²) < 4.78 is 0. The number of nitrogens with one attached hydrogen (secondary N) is 1. The van der Waals surface area contributed by atoms with Crippen LogP contribution in [0.3, 0.4) is 0 Å². The van der Waals surface area contributed by atoms with Crippen LogP contribution < -0.4 is 5.32 Å². The summed E-state index contributed by atoms with van der Waals surface area (Å²) in [4.78, 5) is 19.0. The van der Waals surface area contributed by atoms with Crippen LogP contribution in [0.5, 0.6) is 0 Å². The smallest absolute Gasteiger partial charge is 0.234 e. The predicted octanol–water partition coefficient (Wildman–Crippen LogP) is 2.07. The summed E-state index contributed by atoms with van der Waals surface area (Å²) in [5.41, 5.74) is 2.65. The van der Waals surface area contributed by atoms with E-state index in [0.717, 1.165) is 32.7 Å². The molecule has 0 spiro atoms. The van der Waals surface area contributed by atoms with Gasteiger partial charge in [0.05, 0.1) is 12.6 Å². The molecular formula is C23H32N4O. The minimum Gasteiger partial charge on any atom is -0.354 e. The van der Waals surface area contributed by atoms with E-state index in [1.807, 2.05) is 14.1 Å². The molecule has 0 aromatic heterocycles. The molecule has 1 amide bonds. The van der Waals surface area contributed by atoms with Gasteiger partial charge in [-0.25, -0.2) is 0 Å². The van der Waals surface area contributed by atoms with E-state index in [4.69, 9.17) is 0 Å². The van der Waals surface area contributed by atoms with Crippen LogP contribution in [0, 0.1) is 0 Å². The molecule has 0 saturated carbocycles. The van der Waals surface area contributed by atoms with Gasteiger partial charge in [0.1, 0.15) is 0 Å². The Kier molecular flexibility index (Phi) is 7.60. The predicted molar refractivity (Wildman–Crippen MR) is 114 cm³/mol. The molecule has 28 heavy (non-hydrogen) atoms. The van der Waals surface area contributed by atoms with Gasteiger partial charge in [-0.3, -0.25) is 14.6 Å². The van der Waals surface area contributed by atoms with E-state index >= 15 is 0 Å². The van der Waals surface area contributed by atoms with Crippen molar-refractivity contribution < 1.29 is 4.79 Å². The number of hydrogen-bond acceptors (Lipinski definition) is 4. The van der Waals surface area contributed by atoms with Crippen LogP contribution in [0.15, 0.2) is 60.7 Å². The maximum atomic E-state index is 12.2. The molecule has 0 bridgehead atoms. The molecule has 0 atom stereocenters. The topological polar surface area (TPSA) is 38.8 Å². The second kappa shape index (κ2) is 10.4. The molecular weight excluding hydrogens is 348 g/mol. The Morgan fingerprint density at radius 2 is 1.46 bits per heavy atom. The van der Waals surface area contributed by atoms with Crippen LogP contribution in [0.25, 0.3) is 0 Å². The summed E-state index contributed by atoms with van der Waals surface area (Å²) >= 11 is 0. The Hall–Kier alpha value is -2.21. The average Bonchev–Trinajstić information content (AvgIpc) is 2.71. The third kappa shape index (κ3) is 5.89. The van der Waals surface area contributed by atoms with Crippen molar-refractivity contribution in [3.63, 3.8) is 0 Å². The van der Waals surface area contributed by atoms with Crippen LogP contribution in [0.1, 0.15) is 17.2 Å². The molecule has 1 aliphatic rings. The van der Waals surface area contributed by atoms with Crippen molar-refractivity contribution in [2.75, 3.05) is 59.9 Å². The molecule has 0 aliphatic carbocycles. The number of likely N-dealkylation sites (N-methyl/N-ethyl adjacent to an activating group) is 1. The van der Waals surface area contributed by atoms with Gasteiger partial charge >= 0.3 is 0 Å². The van der Waals surface area contributed by atoms with Crippen molar-refractivity contribution in [2.24, 2.45) is 0 Å². The van der Waals surface area contributed by atoms with Gasteiger partial charge in [0.2, 0.25) is 5.91 Å². The van der Waals surface area contributed by atoms with E-state index in [-0.39, 0.29) is 11.9 Å². The first-order valence-electron chi connectivity index (χ1n) is 10.1. The lowest BCUT2D eigenvalue weighted by Gasteiger charge is -2.39. The second-order valence-corrected chi connectivity index (χ2v) is 7.69. The highest BCUT2D eigenvalue weighted by Gasteiger charge is 2.26. The van der Waals surface area contributed by atoms with Gasteiger partial charge in [-0.1, -0.05) is 60.7 Å². The Labute approximate surface area is 168 Å². The Morgan fingerprint density at radius 3 is 1.96 bits per heavy atom. The van der Waals surface area contributed by atoms with Crippen LogP contribution in [-0.4, -0.2) is 80.5 Å². The number of carbonyl (C=O) groups is 1. The van der Waals surface area contributed by atoms with Gasteiger partial charge in [-0.15, -0.1) is 0 Å². The quantitative estimate of drug-likeness (QED) is 0.761. The van der Waals surface area contributed by atoms with Gasteiger partial charge in [0.15, 0.2) is 0 Å². The van der Waals surface area contributed by atoms with Crippen molar-refractivity contribution in [2.45, 2.75) is 6.04 Å². The molecule has 0 radical (unpaired) electrons. The number of carbonyl (C=O) groups excluding carboxylic acids is 1. The molecule has 3 rings (SSSR count). The van der Waals surface area contributed by atoms with Crippen LogP contribution in [0.4, 0.5) is 0 Å². The van der Waals surface area contributed by atoms with Crippen molar-refractivity contribution in [3.8, 4) is 0 Å². The zero-order valence-electron chi connectivity index (χ0n) is 17.1. The van der Waals surface area contributed by atoms with E-state index in [1.54, 1.807) is 0 Å².